The van der Waals surface area contributed by atoms with Crippen LogP contribution in [0.5, 0.6) is 11.5 Å². The van der Waals surface area contributed by atoms with Gasteiger partial charge in [0, 0.05) is 10.6 Å². The number of halogens is 4. The summed E-state index contributed by atoms with van der Waals surface area (Å²) in [6.07, 6.45) is 1.78. The van der Waals surface area contributed by atoms with Crippen molar-refractivity contribution in [2.24, 2.45) is 4.99 Å². The Morgan fingerprint density at radius 2 is 1.75 bits per heavy atom. The molecule has 48 heavy (non-hydrogen) atoms. The highest BCUT2D eigenvalue weighted by atomic mass is 127. The molecule has 1 aliphatic rings. The molecule has 1 atom stereocenters. The minimum atomic E-state index is -0.804. The average Bonchev–Trinajstić information content (AvgIpc) is 3.39. The second kappa shape index (κ2) is 14.9. The van der Waals surface area contributed by atoms with E-state index >= 15 is 0 Å². The molecule has 0 aliphatic carbocycles. The van der Waals surface area contributed by atoms with E-state index in [1.165, 1.54) is 11.3 Å². The second-order valence-corrected chi connectivity index (χ2v) is 14.0. The van der Waals surface area contributed by atoms with Gasteiger partial charge < -0.3 is 14.2 Å². The molecule has 0 saturated heterocycles. The number of hydrogen-bond acceptors (Lipinski definition) is 7. The fourth-order valence-corrected chi connectivity index (χ4v) is 7.53. The fraction of sp³-hybridized carbons (Fsp3) is 0.139. The molecule has 2 heterocycles. The van der Waals surface area contributed by atoms with E-state index in [0.717, 1.165) is 20.3 Å². The molecule has 6 rings (SSSR count). The quantitative estimate of drug-likeness (QED) is 0.111. The highest BCUT2D eigenvalue weighted by Crippen LogP contribution is 2.37. The molecule has 0 spiro atoms. The van der Waals surface area contributed by atoms with Gasteiger partial charge in [0.25, 0.3) is 5.56 Å². The van der Waals surface area contributed by atoms with E-state index in [1.54, 1.807) is 67.1 Å². The zero-order valence-corrected chi connectivity index (χ0v) is 30.7. The Labute approximate surface area is 308 Å². The lowest BCUT2D eigenvalue weighted by Gasteiger charge is -2.25. The van der Waals surface area contributed by atoms with Gasteiger partial charge in [0.15, 0.2) is 16.3 Å². The summed E-state index contributed by atoms with van der Waals surface area (Å²) < 4.78 is 20.1. The van der Waals surface area contributed by atoms with E-state index in [9.17, 15) is 9.59 Å². The topological polar surface area (TPSA) is 79.1 Å². The first-order chi connectivity index (χ1) is 23.2. The number of hydrogen-bond donors (Lipinski definition) is 0. The van der Waals surface area contributed by atoms with Crippen molar-refractivity contribution in [3.8, 4) is 11.5 Å². The van der Waals surface area contributed by atoms with Gasteiger partial charge in [0.05, 0.1) is 49.2 Å². The third kappa shape index (κ3) is 7.06. The van der Waals surface area contributed by atoms with Gasteiger partial charge in [-0.15, -0.1) is 0 Å². The van der Waals surface area contributed by atoms with Gasteiger partial charge in [-0.25, -0.2) is 9.79 Å². The van der Waals surface area contributed by atoms with Crippen LogP contribution in [0.25, 0.3) is 11.8 Å². The summed E-state index contributed by atoms with van der Waals surface area (Å²) >= 11 is 21.9. The number of aromatic nitrogens is 1. The summed E-state index contributed by atoms with van der Waals surface area (Å²) in [6, 6.07) is 24.7. The summed E-state index contributed by atoms with van der Waals surface area (Å²) in [4.78, 5) is 33.2. The van der Waals surface area contributed by atoms with Crippen molar-refractivity contribution < 1.29 is 19.0 Å². The van der Waals surface area contributed by atoms with Crippen LogP contribution >= 0.6 is 68.7 Å². The van der Waals surface area contributed by atoms with Crippen LogP contribution in [0.2, 0.25) is 15.1 Å². The second-order valence-electron chi connectivity index (χ2n) is 10.6. The summed E-state index contributed by atoms with van der Waals surface area (Å²) in [5.74, 6) is 0.498. The van der Waals surface area contributed by atoms with Crippen molar-refractivity contribution in [3.05, 3.63) is 151 Å². The molecule has 244 valence electrons. The molecule has 1 aromatic heterocycles. The van der Waals surface area contributed by atoms with Crippen molar-refractivity contribution >= 4 is 86.5 Å². The van der Waals surface area contributed by atoms with Gasteiger partial charge in [-0.2, -0.15) is 0 Å². The highest BCUT2D eigenvalue weighted by molar-refractivity contribution is 14.1. The first-order valence-corrected chi connectivity index (χ1v) is 17.7. The van der Waals surface area contributed by atoms with Gasteiger partial charge in [0.1, 0.15) is 6.61 Å². The van der Waals surface area contributed by atoms with Gasteiger partial charge in [-0.3, -0.25) is 9.36 Å². The van der Waals surface area contributed by atoms with Crippen LogP contribution < -0.4 is 24.4 Å². The molecule has 0 unspecified atom stereocenters. The van der Waals surface area contributed by atoms with Crippen LogP contribution in [0.15, 0.2) is 100 Å². The lowest BCUT2D eigenvalue weighted by atomic mass is 9.93. The summed E-state index contributed by atoms with van der Waals surface area (Å²) in [5.41, 5.74) is 3.40. The minimum absolute atomic E-state index is 0.162. The normalized spacial score (nSPS) is 14.4. The Bertz CT molecular complexity index is 2240. The maximum atomic E-state index is 14.3. The number of rotatable bonds is 9. The number of carbonyl (C=O) groups excluding carboxylic acids is 1. The molecule has 0 fully saturated rings. The van der Waals surface area contributed by atoms with E-state index in [1.807, 2.05) is 42.5 Å². The molecule has 0 amide bonds. The highest BCUT2D eigenvalue weighted by Gasteiger charge is 2.35. The molecule has 0 saturated carbocycles. The fourth-order valence-electron chi connectivity index (χ4n) is 5.30. The molecule has 0 N–H and O–H groups in total. The van der Waals surface area contributed by atoms with Crippen LogP contribution in [0, 0.1) is 3.57 Å². The van der Waals surface area contributed by atoms with Crippen molar-refractivity contribution in [3.63, 3.8) is 0 Å². The zero-order valence-electron chi connectivity index (χ0n) is 25.5. The number of ether oxygens (including phenoxy) is 3. The Kier molecular flexibility index (Phi) is 10.6. The summed E-state index contributed by atoms with van der Waals surface area (Å²) in [6.45, 7) is 2.15. The van der Waals surface area contributed by atoms with Crippen molar-refractivity contribution in [2.75, 3.05) is 13.7 Å². The molecule has 4 aromatic carbocycles. The minimum Gasteiger partial charge on any atom is -0.493 e. The molecular formula is C36H26Cl3IN2O5S. The van der Waals surface area contributed by atoms with Gasteiger partial charge >= 0.3 is 5.97 Å². The lowest BCUT2D eigenvalue weighted by Crippen LogP contribution is -2.40. The Hall–Kier alpha value is -3.61. The molecular weight excluding hydrogens is 806 g/mol. The number of methoxy groups -OCH3 is 1. The van der Waals surface area contributed by atoms with Gasteiger partial charge in [-0.1, -0.05) is 94.7 Å². The monoisotopic (exact) mass is 830 g/mol. The third-order valence-electron chi connectivity index (χ3n) is 7.48. The molecule has 0 bridgehead atoms. The predicted molar refractivity (Wildman–Crippen MR) is 199 cm³/mol. The molecule has 7 nitrogen and oxygen atoms in total. The SMILES string of the molecule is CCOC(=O)C1=C(c2ccccc2)N=c2s/c(=C\c3cc(I)c(OCc4ccc(Cl)c(Cl)c4)c(OC)c3)c(=O)n2[C@@H]1c1ccc(Cl)cc1. The lowest BCUT2D eigenvalue weighted by molar-refractivity contribution is -0.138. The van der Waals surface area contributed by atoms with Crippen molar-refractivity contribution in [2.45, 2.75) is 19.6 Å². The summed E-state index contributed by atoms with van der Waals surface area (Å²) in [7, 11) is 1.56. The standard InChI is InChI=1S/C36H26Cl3IN2O5S/c1-3-46-35(44)30-31(22-7-5-4-6-8-22)41-36-42(32(30)23-10-12-24(37)13-11-23)34(43)29(48-36)18-21-16-27(40)33(28(17-21)45-2)47-19-20-9-14-25(38)26(39)15-20/h4-18,32H,3,19H2,1-2H3/b29-18-/t32-/m1/s1. The maximum absolute atomic E-state index is 14.3. The predicted octanol–water partition coefficient (Wildman–Crippen LogP) is 8.09. The number of thiazole rings is 1. The first-order valence-electron chi connectivity index (χ1n) is 14.7. The number of benzene rings is 4. The first kappa shape index (κ1) is 34.3. The van der Waals surface area contributed by atoms with E-state index < -0.39 is 12.0 Å². The number of fused-ring (bicyclic) bond motifs is 1. The Morgan fingerprint density at radius 3 is 2.44 bits per heavy atom. The van der Waals surface area contributed by atoms with Crippen molar-refractivity contribution in [1.82, 2.24) is 4.57 Å². The largest absolute Gasteiger partial charge is 0.493 e. The molecule has 0 radical (unpaired) electrons. The third-order valence-corrected chi connectivity index (χ3v) is 10.3. The maximum Gasteiger partial charge on any atom is 0.338 e. The smallest absolute Gasteiger partial charge is 0.338 e. The van der Waals surface area contributed by atoms with Crippen LogP contribution in [0.1, 0.15) is 35.2 Å². The van der Waals surface area contributed by atoms with E-state index in [0.29, 0.717) is 47.2 Å². The van der Waals surface area contributed by atoms with Crippen LogP contribution in [0.4, 0.5) is 0 Å². The zero-order chi connectivity index (χ0) is 33.9. The number of esters is 1. The Morgan fingerprint density at radius 1 is 1.00 bits per heavy atom. The van der Waals surface area contributed by atoms with Crippen molar-refractivity contribution in [1.29, 1.82) is 0 Å². The van der Waals surface area contributed by atoms with Crippen LogP contribution in [-0.4, -0.2) is 24.3 Å². The average molecular weight is 832 g/mol. The molecule has 1 aliphatic heterocycles. The number of nitrogens with zero attached hydrogens (tertiary/aromatic N) is 2. The molecule has 5 aromatic rings. The number of carbonyl (C=O) groups is 1. The molecule has 12 heteroatoms. The van der Waals surface area contributed by atoms with E-state index in [4.69, 9.17) is 54.0 Å². The van der Waals surface area contributed by atoms with E-state index in [2.05, 4.69) is 22.6 Å². The summed E-state index contributed by atoms with van der Waals surface area (Å²) in [5, 5.41) is 1.44. The van der Waals surface area contributed by atoms with Crippen LogP contribution in [0.3, 0.4) is 0 Å². The Balaban J connectivity index is 1.47. The van der Waals surface area contributed by atoms with Gasteiger partial charge in [0.2, 0.25) is 0 Å². The van der Waals surface area contributed by atoms with Gasteiger partial charge in [-0.05, 0) is 88.7 Å². The van der Waals surface area contributed by atoms with E-state index in [-0.39, 0.29) is 24.3 Å². The van der Waals surface area contributed by atoms with Crippen LogP contribution in [-0.2, 0) is 16.1 Å².